The van der Waals surface area contributed by atoms with E-state index in [0.29, 0.717) is 11.4 Å². The summed E-state index contributed by atoms with van der Waals surface area (Å²) in [5.41, 5.74) is 7.23. The van der Waals surface area contributed by atoms with Gasteiger partial charge in [0.25, 0.3) is 0 Å². The van der Waals surface area contributed by atoms with E-state index >= 15 is 0 Å². The van der Waals surface area contributed by atoms with E-state index in [1.807, 2.05) is 31.0 Å². The van der Waals surface area contributed by atoms with Gasteiger partial charge in [0.05, 0.1) is 6.04 Å². The molecule has 1 aromatic heterocycles. The van der Waals surface area contributed by atoms with E-state index in [0.717, 1.165) is 5.69 Å². The summed E-state index contributed by atoms with van der Waals surface area (Å²) in [5.74, 6) is 0.263. The van der Waals surface area contributed by atoms with Crippen LogP contribution in [0.4, 0.5) is 15.9 Å². The highest BCUT2D eigenvalue weighted by Crippen LogP contribution is 2.27. The van der Waals surface area contributed by atoms with Crippen LogP contribution in [-0.2, 0) is 0 Å². The normalized spacial score (nSPS) is 12.2. The molecule has 18 heavy (non-hydrogen) atoms. The van der Waals surface area contributed by atoms with Gasteiger partial charge in [0.2, 0.25) is 0 Å². The Bertz CT molecular complexity index is 542. The first-order chi connectivity index (χ1) is 8.59. The van der Waals surface area contributed by atoms with Crippen molar-refractivity contribution in [3.8, 4) is 0 Å². The Hall–Kier alpha value is -2.10. The third-order valence-electron chi connectivity index (χ3n) is 3.11. The minimum absolute atomic E-state index is 0.0759. The van der Waals surface area contributed by atoms with Crippen LogP contribution in [0.5, 0.6) is 0 Å². The Morgan fingerprint density at radius 2 is 2.00 bits per heavy atom. The first-order valence-electron chi connectivity index (χ1n) is 5.78. The zero-order chi connectivity index (χ0) is 13.1. The number of anilines is 2. The SMILES string of the molecule is CC(c1ccccc1F)N(C)c1ccnc(N)c1. The molecule has 0 amide bonds. The number of rotatable bonds is 3. The summed E-state index contributed by atoms with van der Waals surface area (Å²) in [7, 11) is 1.91. The van der Waals surface area contributed by atoms with Crippen molar-refractivity contribution in [1.29, 1.82) is 0 Å². The summed E-state index contributed by atoms with van der Waals surface area (Å²) in [6.45, 7) is 1.95. The summed E-state index contributed by atoms with van der Waals surface area (Å²) in [6.07, 6.45) is 1.65. The third kappa shape index (κ3) is 2.42. The van der Waals surface area contributed by atoms with E-state index in [1.54, 1.807) is 24.4 Å². The van der Waals surface area contributed by atoms with Gasteiger partial charge in [-0.15, -0.1) is 0 Å². The van der Waals surface area contributed by atoms with Crippen molar-refractivity contribution in [3.63, 3.8) is 0 Å². The lowest BCUT2D eigenvalue weighted by Crippen LogP contribution is -2.22. The van der Waals surface area contributed by atoms with Gasteiger partial charge in [0, 0.05) is 30.6 Å². The van der Waals surface area contributed by atoms with Crippen molar-refractivity contribution in [1.82, 2.24) is 4.98 Å². The molecule has 0 aliphatic rings. The Kier molecular flexibility index (Phi) is 3.46. The Balaban J connectivity index is 2.29. The molecule has 1 heterocycles. The van der Waals surface area contributed by atoms with Gasteiger partial charge < -0.3 is 10.6 Å². The zero-order valence-corrected chi connectivity index (χ0v) is 10.5. The molecule has 0 aliphatic carbocycles. The average molecular weight is 245 g/mol. The zero-order valence-electron chi connectivity index (χ0n) is 10.5. The minimum atomic E-state index is -0.195. The van der Waals surface area contributed by atoms with Crippen LogP contribution in [0, 0.1) is 5.82 Å². The standard InChI is InChI=1S/C14H16FN3/c1-10(12-5-3-4-6-13(12)15)18(2)11-7-8-17-14(16)9-11/h3-10H,1-2H3,(H2,16,17). The molecule has 0 fully saturated rings. The van der Waals surface area contributed by atoms with E-state index in [-0.39, 0.29) is 11.9 Å². The van der Waals surface area contributed by atoms with Gasteiger partial charge in [-0.2, -0.15) is 0 Å². The van der Waals surface area contributed by atoms with E-state index in [9.17, 15) is 4.39 Å². The molecule has 2 N–H and O–H groups in total. The maximum absolute atomic E-state index is 13.7. The maximum atomic E-state index is 13.7. The molecule has 0 aliphatic heterocycles. The first-order valence-corrected chi connectivity index (χ1v) is 5.78. The highest BCUT2D eigenvalue weighted by molar-refractivity contribution is 5.53. The molecule has 0 saturated heterocycles. The fourth-order valence-electron chi connectivity index (χ4n) is 1.90. The predicted octanol–water partition coefficient (Wildman–Crippen LogP) is 3.00. The second-order valence-electron chi connectivity index (χ2n) is 4.25. The summed E-state index contributed by atoms with van der Waals surface area (Å²) in [6, 6.07) is 10.3. The second-order valence-corrected chi connectivity index (χ2v) is 4.25. The van der Waals surface area contributed by atoms with Gasteiger partial charge in [-0.25, -0.2) is 9.37 Å². The van der Waals surface area contributed by atoms with Crippen LogP contribution in [0.1, 0.15) is 18.5 Å². The molecule has 0 spiro atoms. The van der Waals surface area contributed by atoms with Crippen molar-refractivity contribution < 1.29 is 4.39 Å². The predicted molar refractivity (Wildman–Crippen MR) is 71.9 cm³/mol. The molecule has 4 heteroatoms. The molecule has 3 nitrogen and oxygen atoms in total. The lowest BCUT2D eigenvalue weighted by atomic mass is 10.1. The van der Waals surface area contributed by atoms with Gasteiger partial charge in [-0.3, -0.25) is 0 Å². The number of aromatic nitrogens is 1. The molecule has 94 valence electrons. The number of nitrogens with two attached hydrogens (primary N) is 1. The van der Waals surface area contributed by atoms with Crippen molar-refractivity contribution in [2.45, 2.75) is 13.0 Å². The number of nitrogen functional groups attached to an aromatic ring is 1. The molecular weight excluding hydrogens is 229 g/mol. The van der Waals surface area contributed by atoms with Crippen LogP contribution in [0.2, 0.25) is 0 Å². The second kappa shape index (κ2) is 5.04. The number of benzene rings is 1. The molecule has 0 bridgehead atoms. The summed E-state index contributed by atoms with van der Waals surface area (Å²) in [5, 5.41) is 0. The molecular formula is C14H16FN3. The van der Waals surface area contributed by atoms with Crippen LogP contribution in [0.15, 0.2) is 42.6 Å². The van der Waals surface area contributed by atoms with Crippen molar-refractivity contribution in [2.24, 2.45) is 0 Å². The number of pyridine rings is 1. The molecule has 2 rings (SSSR count). The van der Waals surface area contributed by atoms with E-state index in [4.69, 9.17) is 5.73 Å². The smallest absolute Gasteiger partial charge is 0.128 e. The Labute approximate surface area is 106 Å². The Morgan fingerprint density at radius 3 is 2.67 bits per heavy atom. The fraction of sp³-hybridized carbons (Fsp3) is 0.214. The van der Waals surface area contributed by atoms with Gasteiger partial charge in [0.1, 0.15) is 11.6 Å². The van der Waals surface area contributed by atoms with Crippen LogP contribution >= 0.6 is 0 Å². The van der Waals surface area contributed by atoms with Crippen LogP contribution in [-0.4, -0.2) is 12.0 Å². The first kappa shape index (κ1) is 12.4. The summed E-state index contributed by atoms with van der Waals surface area (Å²) < 4.78 is 13.7. The van der Waals surface area contributed by atoms with Gasteiger partial charge >= 0.3 is 0 Å². The van der Waals surface area contributed by atoms with Crippen LogP contribution in [0.25, 0.3) is 0 Å². The lowest BCUT2D eigenvalue weighted by Gasteiger charge is -2.27. The average Bonchev–Trinajstić information content (AvgIpc) is 2.37. The highest BCUT2D eigenvalue weighted by Gasteiger charge is 2.15. The van der Waals surface area contributed by atoms with Crippen molar-refractivity contribution in [2.75, 3.05) is 17.7 Å². The number of nitrogens with zero attached hydrogens (tertiary/aromatic N) is 2. The molecule has 1 unspecified atom stereocenters. The molecule has 0 radical (unpaired) electrons. The maximum Gasteiger partial charge on any atom is 0.128 e. The summed E-state index contributed by atoms with van der Waals surface area (Å²) in [4.78, 5) is 5.92. The van der Waals surface area contributed by atoms with Crippen LogP contribution in [0.3, 0.4) is 0 Å². The highest BCUT2D eigenvalue weighted by atomic mass is 19.1. The fourth-order valence-corrected chi connectivity index (χ4v) is 1.90. The van der Waals surface area contributed by atoms with Crippen molar-refractivity contribution in [3.05, 3.63) is 54.0 Å². The third-order valence-corrected chi connectivity index (χ3v) is 3.11. The minimum Gasteiger partial charge on any atom is -0.384 e. The van der Waals surface area contributed by atoms with E-state index in [2.05, 4.69) is 4.98 Å². The lowest BCUT2D eigenvalue weighted by molar-refractivity contribution is 0.585. The van der Waals surface area contributed by atoms with Gasteiger partial charge in [-0.05, 0) is 19.1 Å². The van der Waals surface area contributed by atoms with Crippen LogP contribution < -0.4 is 10.6 Å². The monoisotopic (exact) mass is 245 g/mol. The molecule has 1 aromatic carbocycles. The molecule has 2 aromatic rings. The molecule has 0 saturated carbocycles. The number of hydrogen-bond donors (Lipinski definition) is 1. The van der Waals surface area contributed by atoms with E-state index < -0.39 is 0 Å². The van der Waals surface area contributed by atoms with Gasteiger partial charge in [0.15, 0.2) is 0 Å². The molecule has 1 atom stereocenters. The Morgan fingerprint density at radius 1 is 1.28 bits per heavy atom. The van der Waals surface area contributed by atoms with Gasteiger partial charge in [-0.1, -0.05) is 18.2 Å². The number of hydrogen-bond acceptors (Lipinski definition) is 3. The number of halogens is 1. The quantitative estimate of drug-likeness (QED) is 0.903. The topological polar surface area (TPSA) is 42.2 Å². The largest absolute Gasteiger partial charge is 0.384 e. The summed E-state index contributed by atoms with van der Waals surface area (Å²) >= 11 is 0. The van der Waals surface area contributed by atoms with E-state index in [1.165, 1.54) is 6.07 Å². The van der Waals surface area contributed by atoms with Crippen molar-refractivity contribution >= 4 is 11.5 Å².